The first-order chi connectivity index (χ1) is 17.3. The lowest BCUT2D eigenvalue weighted by atomic mass is 10.1. The van der Waals surface area contributed by atoms with Gasteiger partial charge in [-0.1, -0.05) is 83.8 Å². The molecular formula is C28H23Cl2N3O2S. The third kappa shape index (κ3) is 5.44. The lowest BCUT2D eigenvalue weighted by Gasteiger charge is -2.19. The summed E-state index contributed by atoms with van der Waals surface area (Å²) in [6.45, 7) is 3.99. The molecule has 3 aromatic carbocycles. The van der Waals surface area contributed by atoms with Crippen LogP contribution in [0.3, 0.4) is 0 Å². The summed E-state index contributed by atoms with van der Waals surface area (Å²) in [4.78, 5) is 28.3. The Morgan fingerprint density at radius 2 is 1.78 bits per heavy atom. The van der Waals surface area contributed by atoms with E-state index in [9.17, 15) is 14.9 Å². The average Bonchev–Trinajstić information content (AvgIpc) is 3.19. The van der Waals surface area contributed by atoms with Crippen LogP contribution in [0.5, 0.6) is 0 Å². The average molecular weight is 536 g/mol. The molecule has 0 aliphatic carbocycles. The monoisotopic (exact) mass is 535 g/mol. The van der Waals surface area contributed by atoms with Gasteiger partial charge in [0.1, 0.15) is 16.7 Å². The van der Waals surface area contributed by atoms with Gasteiger partial charge in [0.15, 0.2) is 0 Å². The Morgan fingerprint density at radius 1 is 1.08 bits per heavy atom. The molecule has 1 aliphatic rings. The van der Waals surface area contributed by atoms with Crippen LogP contribution in [0, 0.1) is 18.3 Å². The lowest BCUT2D eigenvalue weighted by molar-refractivity contribution is -0.117. The maximum Gasteiger partial charge on any atom is 0.269 e. The molecule has 4 rings (SSSR count). The van der Waals surface area contributed by atoms with E-state index in [1.807, 2.05) is 62.4 Å². The van der Waals surface area contributed by atoms with Crippen LogP contribution < -0.4 is 10.2 Å². The number of nitriles is 1. The number of benzene rings is 3. The van der Waals surface area contributed by atoms with Crippen molar-refractivity contribution in [2.24, 2.45) is 0 Å². The van der Waals surface area contributed by atoms with Crippen LogP contribution in [0.25, 0.3) is 0 Å². The molecule has 5 nitrogen and oxygen atoms in total. The summed E-state index contributed by atoms with van der Waals surface area (Å²) in [5, 5.41) is 13.3. The number of amides is 2. The predicted octanol–water partition coefficient (Wildman–Crippen LogP) is 6.93. The number of carbonyl (C=O) groups excluding carboxylic acids is 2. The molecule has 0 saturated carbocycles. The van der Waals surface area contributed by atoms with Gasteiger partial charge >= 0.3 is 0 Å². The number of thioether (sulfide) groups is 1. The topological polar surface area (TPSA) is 73.2 Å². The van der Waals surface area contributed by atoms with Gasteiger partial charge in [-0.05, 0) is 61.2 Å². The molecule has 36 heavy (non-hydrogen) atoms. The molecule has 0 spiro atoms. The van der Waals surface area contributed by atoms with Crippen molar-refractivity contribution in [3.05, 3.63) is 104 Å². The zero-order chi connectivity index (χ0) is 25.8. The Kier molecular flexibility index (Phi) is 8.05. The van der Waals surface area contributed by atoms with Gasteiger partial charge in [-0.2, -0.15) is 5.26 Å². The number of nitrogens with zero attached hydrogens (tertiary/aromatic N) is 2. The lowest BCUT2D eigenvalue weighted by Crippen LogP contribution is -2.31. The number of rotatable bonds is 6. The van der Waals surface area contributed by atoms with Gasteiger partial charge in [0.2, 0.25) is 5.91 Å². The minimum absolute atomic E-state index is 0.131. The summed E-state index contributed by atoms with van der Waals surface area (Å²) >= 11 is 13.8. The normalized spacial score (nSPS) is 16.6. The van der Waals surface area contributed by atoms with E-state index < -0.39 is 11.2 Å². The molecular weight excluding hydrogens is 513 g/mol. The zero-order valence-electron chi connectivity index (χ0n) is 19.7. The van der Waals surface area contributed by atoms with Gasteiger partial charge in [-0.15, -0.1) is 0 Å². The van der Waals surface area contributed by atoms with Crippen LogP contribution in [0.2, 0.25) is 10.0 Å². The number of anilines is 2. The van der Waals surface area contributed by atoms with Gasteiger partial charge in [0.25, 0.3) is 5.91 Å². The van der Waals surface area contributed by atoms with Crippen molar-refractivity contribution in [3.8, 4) is 6.07 Å². The minimum atomic E-state index is -0.586. The van der Waals surface area contributed by atoms with E-state index in [0.29, 0.717) is 32.9 Å². The first-order valence-corrected chi connectivity index (χ1v) is 13.0. The third-order valence-electron chi connectivity index (χ3n) is 5.85. The smallest absolute Gasteiger partial charge is 0.269 e. The van der Waals surface area contributed by atoms with Gasteiger partial charge in [-0.3, -0.25) is 14.5 Å². The van der Waals surface area contributed by atoms with E-state index in [0.717, 1.165) is 23.1 Å². The fourth-order valence-electron chi connectivity index (χ4n) is 3.84. The number of hydrogen-bond acceptors (Lipinski definition) is 4. The Hall–Kier alpha value is -3.24. The van der Waals surface area contributed by atoms with E-state index in [4.69, 9.17) is 23.2 Å². The van der Waals surface area contributed by atoms with Gasteiger partial charge in [0, 0.05) is 11.4 Å². The first kappa shape index (κ1) is 25.8. The second-order valence-corrected chi connectivity index (χ2v) is 10.3. The van der Waals surface area contributed by atoms with Crippen LogP contribution in [-0.2, 0) is 22.4 Å². The summed E-state index contributed by atoms with van der Waals surface area (Å²) in [6, 6.07) is 22.1. The Morgan fingerprint density at radius 3 is 2.42 bits per heavy atom. The van der Waals surface area contributed by atoms with Crippen LogP contribution >= 0.6 is 35.0 Å². The van der Waals surface area contributed by atoms with E-state index in [1.165, 1.54) is 16.7 Å². The zero-order valence-corrected chi connectivity index (χ0v) is 22.0. The highest BCUT2D eigenvalue weighted by Gasteiger charge is 2.41. The molecule has 1 fully saturated rings. The fraction of sp³-hybridized carbons (Fsp3) is 0.179. The summed E-state index contributed by atoms with van der Waals surface area (Å²) in [5.74, 6) is -0.806. The molecule has 1 aliphatic heterocycles. The molecule has 0 radical (unpaired) electrons. The maximum atomic E-state index is 13.7. The van der Waals surface area contributed by atoms with E-state index >= 15 is 0 Å². The summed E-state index contributed by atoms with van der Waals surface area (Å²) in [5.41, 5.74) is 3.91. The second kappa shape index (κ2) is 11.2. The van der Waals surface area contributed by atoms with Crippen LogP contribution in [0.15, 0.2) is 77.3 Å². The molecule has 1 N–H and O–H groups in total. The molecule has 3 aromatic rings. The predicted molar refractivity (Wildman–Crippen MR) is 147 cm³/mol. The van der Waals surface area contributed by atoms with E-state index in [-0.39, 0.29) is 11.5 Å². The highest BCUT2D eigenvalue weighted by atomic mass is 35.5. The molecule has 0 aromatic heterocycles. The highest BCUT2D eigenvalue weighted by molar-refractivity contribution is 8.05. The van der Waals surface area contributed by atoms with Crippen molar-refractivity contribution in [3.63, 3.8) is 0 Å². The van der Waals surface area contributed by atoms with E-state index in [1.54, 1.807) is 24.3 Å². The van der Waals surface area contributed by atoms with Gasteiger partial charge in [-0.25, -0.2) is 0 Å². The summed E-state index contributed by atoms with van der Waals surface area (Å²) < 4.78 is 0. The number of carbonyl (C=O) groups is 2. The van der Waals surface area contributed by atoms with Crippen molar-refractivity contribution in [1.82, 2.24) is 0 Å². The summed E-state index contributed by atoms with van der Waals surface area (Å²) in [6.07, 6.45) is 1.15. The van der Waals surface area contributed by atoms with Crippen molar-refractivity contribution in [2.75, 3.05) is 10.2 Å². The Balaban J connectivity index is 1.74. The van der Waals surface area contributed by atoms with Gasteiger partial charge < -0.3 is 5.32 Å². The quantitative estimate of drug-likeness (QED) is 0.274. The molecule has 1 heterocycles. The molecule has 0 bridgehead atoms. The number of hydrogen-bond donors (Lipinski definition) is 1. The summed E-state index contributed by atoms with van der Waals surface area (Å²) in [7, 11) is 0. The molecule has 1 saturated heterocycles. The molecule has 1 unspecified atom stereocenters. The first-order valence-electron chi connectivity index (χ1n) is 11.4. The van der Waals surface area contributed by atoms with Crippen LogP contribution in [0.4, 0.5) is 11.4 Å². The van der Waals surface area contributed by atoms with Crippen molar-refractivity contribution >= 4 is 58.2 Å². The number of nitrogens with one attached hydrogen (secondary N) is 1. The van der Waals surface area contributed by atoms with E-state index in [2.05, 4.69) is 5.32 Å². The van der Waals surface area contributed by atoms with Gasteiger partial charge in [0.05, 0.1) is 15.3 Å². The van der Waals surface area contributed by atoms with Crippen molar-refractivity contribution in [2.45, 2.75) is 31.9 Å². The van der Waals surface area contributed by atoms with Crippen molar-refractivity contribution in [1.29, 1.82) is 5.26 Å². The fourth-order valence-corrected chi connectivity index (χ4v) is 5.53. The SMILES string of the molecule is CCc1ccc(N2C(=O)C(Cc3cccc(Cl)c3Cl)S/C2=C(/C#N)C(=O)Nc2ccc(C)cc2)cc1. The Bertz CT molecular complexity index is 1380. The Labute approximate surface area is 224 Å². The molecule has 2 amide bonds. The van der Waals surface area contributed by atoms with Crippen LogP contribution in [0.1, 0.15) is 23.6 Å². The van der Waals surface area contributed by atoms with Crippen molar-refractivity contribution < 1.29 is 9.59 Å². The molecule has 1 atom stereocenters. The molecule has 182 valence electrons. The largest absolute Gasteiger partial charge is 0.321 e. The number of halogens is 2. The highest BCUT2D eigenvalue weighted by Crippen LogP contribution is 2.43. The minimum Gasteiger partial charge on any atom is -0.321 e. The second-order valence-electron chi connectivity index (χ2n) is 8.33. The standard InChI is InChI=1S/C28H23Cl2N3O2S/c1-3-18-9-13-21(14-10-18)33-27(35)24(15-19-5-4-6-23(29)25(19)30)36-28(33)22(16-31)26(34)32-20-11-7-17(2)8-12-20/h4-14,24H,3,15H2,1-2H3,(H,32,34)/b28-22-. The molecule has 8 heteroatoms. The number of aryl methyl sites for hydroxylation is 2. The maximum absolute atomic E-state index is 13.7. The third-order valence-corrected chi connectivity index (χ3v) is 7.98. The van der Waals surface area contributed by atoms with Crippen LogP contribution in [-0.4, -0.2) is 17.1 Å².